The number of nitrogens with zero attached hydrogens (tertiary/aromatic N) is 2. The zero-order chi connectivity index (χ0) is 17.9. The number of hydrogen-bond donors (Lipinski definition) is 1. The van der Waals surface area contributed by atoms with Crippen LogP contribution in [0, 0.1) is 5.82 Å². The van der Waals surface area contributed by atoms with Gasteiger partial charge in [0.2, 0.25) is 0 Å². The molecule has 4 rings (SSSR count). The molecule has 1 aromatic carbocycles. The second-order valence-corrected chi connectivity index (χ2v) is 6.91. The molecule has 26 heavy (non-hydrogen) atoms. The fourth-order valence-electron chi connectivity index (χ4n) is 3.11. The third kappa shape index (κ3) is 4.12. The van der Waals surface area contributed by atoms with E-state index < -0.39 is 0 Å². The van der Waals surface area contributed by atoms with E-state index in [1.54, 1.807) is 18.3 Å². The highest BCUT2D eigenvalue weighted by molar-refractivity contribution is 5.94. The van der Waals surface area contributed by atoms with Gasteiger partial charge in [-0.25, -0.2) is 9.37 Å². The van der Waals surface area contributed by atoms with Gasteiger partial charge in [-0.2, -0.15) is 0 Å². The molecule has 1 saturated heterocycles. The van der Waals surface area contributed by atoms with E-state index in [9.17, 15) is 9.18 Å². The van der Waals surface area contributed by atoms with Crippen LogP contribution in [0.25, 0.3) is 0 Å². The molecule has 2 aromatic rings. The van der Waals surface area contributed by atoms with Gasteiger partial charge >= 0.3 is 0 Å². The average molecular weight is 355 g/mol. The van der Waals surface area contributed by atoms with Crippen LogP contribution in [-0.2, 0) is 0 Å². The Morgan fingerprint density at radius 3 is 2.42 bits per heavy atom. The molecule has 0 bridgehead atoms. The van der Waals surface area contributed by atoms with Crippen molar-refractivity contribution in [2.24, 2.45) is 0 Å². The number of anilines is 1. The first-order valence-electron chi connectivity index (χ1n) is 9.11. The minimum atomic E-state index is -0.257. The van der Waals surface area contributed by atoms with E-state index in [4.69, 9.17) is 4.74 Å². The fraction of sp³-hybridized carbons (Fsp3) is 0.400. The minimum absolute atomic E-state index is 0.0436. The van der Waals surface area contributed by atoms with E-state index in [2.05, 4.69) is 15.2 Å². The molecule has 0 radical (unpaired) electrons. The van der Waals surface area contributed by atoms with Crippen molar-refractivity contribution in [3.05, 3.63) is 54.0 Å². The molecule has 1 aliphatic heterocycles. The van der Waals surface area contributed by atoms with Crippen molar-refractivity contribution in [3.8, 4) is 5.75 Å². The zero-order valence-electron chi connectivity index (χ0n) is 14.5. The van der Waals surface area contributed by atoms with Crippen LogP contribution in [-0.4, -0.2) is 36.1 Å². The zero-order valence-corrected chi connectivity index (χ0v) is 14.5. The molecule has 0 unspecified atom stereocenters. The van der Waals surface area contributed by atoms with E-state index in [1.807, 2.05) is 12.1 Å². The molecule has 1 amide bonds. The van der Waals surface area contributed by atoms with Gasteiger partial charge < -0.3 is 15.0 Å². The van der Waals surface area contributed by atoms with Crippen molar-refractivity contribution < 1.29 is 13.9 Å². The monoisotopic (exact) mass is 355 g/mol. The van der Waals surface area contributed by atoms with E-state index >= 15 is 0 Å². The number of piperidine rings is 1. The van der Waals surface area contributed by atoms with Gasteiger partial charge in [0.05, 0.1) is 5.56 Å². The van der Waals surface area contributed by atoms with Gasteiger partial charge in [-0.05, 0) is 49.2 Å². The smallest absolute Gasteiger partial charge is 0.253 e. The van der Waals surface area contributed by atoms with Gasteiger partial charge in [0.1, 0.15) is 23.5 Å². The number of amides is 1. The highest BCUT2D eigenvalue weighted by Gasteiger charge is 2.24. The first kappa shape index (κ1) is 16.8. The molecule has 6 heteroatoms. The van der Waals surface area contributed by atoms with Crippen molar-refractivity contribution in [2.75, 3.05) is 18.0 Å². The molecule has 5 nitrogen and oxygen atoms in total. The molecule has 136 valence electrons. The van der Waals surface area contributed by atoms with Gasteiger partial charge in [0.25, 0.3) is 5.91 Å². The first-order valence-corrected chi connectivity index (χ1v) is 9.11. The molecule has 0 spiro atoms. The predicted molar refractivity (Wildman–Crippen MR) is 97.0 cm³/mol. The molecule has 0 atom stereocenters. The van der Waals surface area contributed by atoms with Crippen LogP contribution >= 0.6 is 0 Å². The number of carbonyl (C=O) groups is 1. The summed E-state index contributed by atoms with van der Waals surface area (Å²) in [6.45, 7) is 1.68. The average Bonchev–Trinajstić information content (AvgIpc) is 3.48. The largest absolute Gasteiger partial charge is 0.490 e. The predicted octanol–water partition coefficient (Wildman–Crippen LogP) is 3.16. The summed E-state index contributed by atoms with van der Waals surface area (Å²) in [4.78, 5) is 18.7. The van der Waals surface area contributed by atoms with Gasteiger partial charge in [0.15, 0.2) is 0 Å². The number of halogens is 1. The Hall–Kier alpha value is -2.63. The van der Waals surface area contributed by atoms with Crippen LogP contribution < -0.4 is 15.0 Å². The Morgan fingerprint density at radius 2 is 1.81 bits per heavy atom. The topological polar surface area (TPSA) is 54.5 Å². The second-order valence-electron chi connectivity index (χ2n) is 6.91. The quantitative estimate of drug-likeness (QED) is 0.895. The number of nitrogens with one attached hydrogen (secondary N) is 1. The highest BCUT2D eigenvalue weighted by atomic mass is 19.1. The summed E-state index contributed by atoms with van der Waals surface area (Å²) in [7, 11) is 0. The summed E-state index contributed by atoms with van der Waals surface area (Å²) < 4.78 is 18.9. The maximum atomic E-state index is 13.0. The molecule has 1 aliphatic carbocycles. The molecular formula is C20H22FN3O2. The van der Waals surface area contributed by atoms with Crippen LogP contribution in [0.15, 0.2) is 42.6 Å². The molecule has 1 aromatic heterocycles. The number of carbonyl (C=O) groups excluding carboxylic acids is 1. The van der Waals surface area contributed by atoms with E-state index in [0.29, 0.717) is 17.4 Å². The van der Waals surface area contributed by atoms with Crippen molar-refractivity contribution >= 4 is 11.7 Å². The third-order valence-corrected chi connectivity index (χ3v) is 4.80. The second kappa shape index (κ2) is 7.32. The molecular weight excluding hydrogens is 333 g/mol. The molecule has 2 fully saturated rings. The van der Waals surface area contributed by atoms with Crippen LogP contribution in [0.2, 0.25) is 0 Å². The van der Waals surface area contributed by atoms with Gasteiger partial charge in [-0.3, -0.25) is 4.79 Å². The summed E-state index contributed by atoms with van der Waals surface area (Å²) >= 11 is 0. The van der Waals surface area contributed by atoms with Gasteiger partial charge in [-0.15, -0.1) is 0 Å². The molecule has 1 N–H and O–H groups in total. The number of pyridine rings is 1. The SMILES string of the molecule is O=C(NC1CC1)c1ccc(N2CCC(Oc3ccc(F)cc3)CC2)nc1. The number of hydrogen-bond acceptors (Lipinski definition) is 4. The fourth-order valence-corrected chi connectivity index (χ4v) is 3.11. The summed E-state index contributed by atoms with van der Waals surface area (Å²) in [5.41, 5.74) is 0.607. The normalized spacial score (nSPS) is 17.8. The summed E-state index contributed by atoms with van der Waals surface area (Å²) in [5.74, 6) is 1.28. The van der Waals surface area contributed by atoms with E-state index in [0.717, 1.165) is 44.6 Å². The third-order valence-electron chi connectivity index (χ3n) is 4.80. The van der Waals surface area contributed by atoms with Crippen molar-refractivity contribution in [3.63, 3.8) is 0 Å². The Kier molecular flexibility index (Phi) is 4.73. The molecule has 1 saturated carbocycles. The lowest BCUT2D eigenvalue weighted by molar-refractivity contribution is 0.0950. The maximum Gasteiger partial charge on any atom is 0.253 e. The van der Waals surface area contributed by atoms with Gasteiger partial charge in [-0.1, -0.05) is 0 Å². The van der Waals surface area contributed by atoms with Crippen molar-refractivity contribution in [1.82, 2.24) is 10.3 Å². The van der Waals surface area contributed by atoms with E-state index in [-0.39, 0.29) is 17.8 Å². The lowest BCUT2D eigenvalue weighted by Gasteiger charge is -2.33. The van der Waals surface area contributed by atoms with E-state index in [1.165, 1.54) is 12.1 Å². The number of benzene rings is 1. The molecule has 2 heterocycles. The Bertz CT molecular complexity index is 752. The standard InChI is InChI=1S/C20H22FN3O2/c21-15-2-6-17(7-3-15)26-18-9-11-24(12-10-18)19-8-1-14(13-22-19)20(25)23-16-4-5-16/h1-3,6-8,13,16,18H,4-5,9-12H2,(H,23,25). The Balaban J connectivity index is 1.29. The maximum absolute atomic E-state index is 13.0. The van der Waals surface area contributed by atoms with Crippen LogP contribution in [0.5, 0.6) is 5.75 Å². The summed E-state index contributed by atoms with van der Waals surface area (Å²) in [5, 5.41) is 2.97. The highest BCUT2D eigenvalue weighted by Crippen LogP contribution is 2.23. The lowest BCUT2D eigenvalue weighted by atomic mass is 10.1. The van der Waals surface area contributed by atoms with Gasteiger partial charge in [0, 0.05) is 38.2 Å². The van der Waals surface area contributed by atoms with Crippen LogP contribution in [0.1, 0.15) is 36.0 Å². The first-order chi connectivity index (χ1) is 12.7. The molecule has 2 aliphatic rings. The number of ether oxygens (including phenoxy) is 1. The summed E-state index contributed by atoms with van der Waals surface area (Å²) in [6, 6.07) is 10.2. The lowest BCUT2D eigenvalue weighted by Crippen LogP contribution is -2.38. The van der Waals surface area contributed by atoms with Crippen LogP contribution in [0.4, 0.5) is 10.2 Å². The van der Waals surface area contributed by atoms with Crippen LogP contribution in [0.3, 0.4) is 0 Å². The van der Waals surface area contributed by atoms with Crippen molar-refractivity contribution in [1.29, 1.82) is 0 Å². The number of aromatic nitrogens is 1. The Labute approximate surface area is 152 Å². The minimum Gasteiger partial charge on any atom is -0.490 e. The Morgan fingerprint density at radius 1 is 1.08 bits per heavy atom. The number of rotatable bonds is 5. The van der Waals surface area contributed by atoms with Crippen molar-refractivity contribution in [2.45, 2.75) is 37.8 Å². The summed E-state index contributed by atoms with van der Waals surface area (Å²) in [6.07, 6.45) is 5.68.